The molecule has 0 radical (unpaired) electrons. The smallest absolute Gasteiger partial charge is 0.231 e. The predicted molar refractivity (Wildman–Crippen MR) is 151 cm³/mol. The van der Waals surface area contributed by atoms with Crippen LogP contribution in [0.3, 0.4) is 0 Å². The van der Waals surface area contributed by atoms with Crippen molar-refractivity contribution in [3.05, 3.63) is 120 Å². The van der Waals surface area contributed by atoms with E-state index < -0.39 is 0 Å². The van der Waals surface area contributed by atoms with Crippen LogP contribution in [0.1, 0.15) is 21.5 Å². The second-order valence-corrected chi connectivity index (χ2v) is 8.83. The minimum Gasteiger partial charge on any atom is -0.497 e. The van der Waals surface area contributed by atoms with Crippen molar-refractivity contribution in [2.75, 3.05) is 37.5 Å². The van der Waals surface area contributed by atoms with E-state index in [0.29, 0.717) is 25.1 Å². The number of nitrogens with zero attached hydrogens (tertiary/aromatic N) is 1. The third-order valence-electron chi connectivity index (χ3n) is 6.29. The number of ketones is 1. The molecule has 0 atom stereocenters. The summed E-state index contributed by atoms with van der Waals surface area (Å²) in [6.45, 7) is 0.927. The number of para-hydroxylation sites is 2. The Morgan fingerprint density at radius 3 is 1.84 bits per heavy atom. The van der Waals surface area contributed by atoms with Crippen LogP contribution in [0.2, 0.25) is 0 Å². The first kappa shape index (κ1) is 26.5. The van der Waals surface area contributed by atoms with Gasteiger partial charge in [-0.05, 0) is 59.7 Å². The Kier molecular flexibility index (Phi) is 9.13. The van der Waals surface area contributed by atoms with Gasteiger partial charge in [0, 0.05) is 36.4 Å². The Morgan fingerprint density at radius 2 is 1.24 bits per heavy atom. The van der Waals surface area contributed by atoms with E-state index in [1.54, 1.807) is 19.1 Å². The summed E-state index contributed by atoms with van der Waals surface area (Å²) in [6, 6.07) is 32.2. The lowest BCUT2D eigenvalue weighted by atomic mass is 10.0. The largest absolute Gasteiger partial charge is 0.497 e. The summed E-state index contributed by atoms with van der Waals surface area (Å²) in [5.41, 5.74) is 4.04. The number of hydrogen-bond donors (Lipinski definition) is 1. The number of methoxy groups -OCH3 is 2. The number of rotatable bonds is 12. The van der Waals surface area contributed by atoms with Crippen molar-refractivity contribution >= 4 is 23.1 Å². The van der Waals surface area contributed by atoms with Crippen molar-refractivity contribution in [2.24, 2.45) is 0 Å². The van der Waals surface area contributed by atoms with Gasteiger partial charge in [-0.1, -0.05) is 54.6 Å². The van der Waals surface area contributed by atoms with Crippen molar-refractivity contribution in [3.8, 4) is 11.5 Å². The van der Waals surface area contributed by atoms with Crippen LogP contribution < -0.4 is 19.7 Å². The quantitative estimate of drug-likeness (QED) is 0.244. The Bertz CT molecular complexity index is 1340. The number of ether oxygens (including phenoxy) is 2. The molecule has 0 aromatic heterocycles. The highest BCUT2D eigenvalue weighted by Gasteiger charge is 2.17. The molecule has 4 rings (SSSR count). The molecule has 0 saturated carbocycles. The van der Waals surface area contributed by atoms with Gasteiger partial charge in [0.1, 0.15) is 11.5 Å². The van der Waals surface area contributed by atoms with Gasteiger partial charge in [0.15, 0.2) is 5.78 Å². The maximum atomic E-state index is 13.3. The van der Waals surface area contributed by atoms with Gasteiger partial charge in [-0.25, -0.2) is 0 Å². The third-order valence-corrected chi connectivity index (χ3v) is 6.29. The molecule has 0 aliphatic carbocycles. The number of carbonyl (C=O) groups is 2. The van der Waals surface area contributed by atoms with E-state index in [2.05, 4.69) is 5.32 Å². The predicted octanol–water partition coefficient (Wildman–Crippen LogP) is 5.82. The van der Waals surface area contributed by atoms with Crippen LogP contribution in [-0.2, 0) is 17.6 Å². The van der Waals surface area contributed by atoms with Crippen molar-refractivity contribution < 1.29 is 19.1 Å². The second kappa shape index (κ2) is 13.1. The standard InChI is InChI=1S/C32H32N2O4/c1-37-27-16-12-24(13-17-27)22-31(35)29-10-6-7-11-30(29)33-20-21-34(26-8-4-3-5-9-26)32(36)23-25-14-18-28(38-2)19-15-25/h3-19,33H,20-23H2,1-2H3. The molecule has 0 unspecified atom stereocenters. The van der Waals surface area contributed by atoms with Crippen LogP contribution in [0.5, 0.6) is 11.5 Å². The van der Waals surface area contributed by atoms with Crippen LogP contribution >= 0.6 is 0 Å². The molecule has 0 fully saturated rings. The molecule has 38 heavy (non-hydrogen) atoms. The number of amides is 1. The summed E-state index contributed by atoms with van der Waals surface area (Å²) < 4.78 is 10.4. The van der Waals surface area contributed by atoms with E-state index in [9.17, 15) is 9.59 Å². The zero-order chi connectivity index (χ0) is 26.7. The average Bonchev–Trinajstić information content (AvgIpc) is 2.96. The Balaban J connectivity index is 1.43. The Labute approximate surface area is 223 Å². The lowest BCUT2D eigenvalue weighted by molar-refractivity contribution is -0.118. The summed E-state index contributed by atoms with van der Waals surface area (Å²) in [5, 5.41) is 3.38. The van der Waals surface area contributed by atoms with E-state index in [-0.39, 0.29) is 18.1 Å². The second-order valence-electron chi connectivity index (χ2n) is 8.83. The molecular formula is C32H32N2O4. The van der Waals surface area contributed by atoms with E-state index in [1.807, 2.05) is 103 Å². The summed E-state index contributed by atoms with van der Waals surface area (Å²) in [5.74, 6) is 1.53. The van der Waals surface area contributed by atoms with Gasteiger partial charge in [0.25, 0.3) is 0 Å². The maximum absolute atomic E-state index is 13.3. The molecule has 0 saturated heterocycles. The first-order chi connectivity index (χ1) is 18.6. The van der Waals surface area contributed by atoms with Gasteiger partial charge in [-0.2, -0.15) is 0 Å². The van der Waals surface area contributed by atoms with Gasteiger partial charge >= 0.3 is 0 Å². The molecule has 4 aromatic carbocycles. The number of Topliss-reactive ketones (excluding diaryl/α,β-unsaturated/α-hetero) is 1. The number of anilines is 2. The highest BCUT2D eigenvalue weighted by molar-refractivity contribution is 6.02. The summed E-state index contributed by atoms with van der Waals surface area (Å²) in [7, 11) is 3.24. The summed E-state index contributed by atoms with van der Waals surface area (Å²) >= 11 is 0. The average molecular weight is 509 g/mol. The number of benzene rings is 4. The van der Waals surface area contributed by atoms with Gasteiger partial charge in [-0.3, -0.25) is 9.59 Å². The lowest BCUT2D eigenvalue weighted by Gasteiger charge is -2.24. The molecule has 4 aromatic rings. The topological polar surface area (TPSA) is 67.9 Å². The van der Waals surface area contributed by atoms with Crippen LogP contribution in [0.15, 0.2) is 103 Å². The molecule has 6 nitrogen and oxygen atoms in total. The number of hydrogen-bond acceptors (Lipinski definition) is 5. The van der Waals surface area contributed by atoms with Gasteiger partial charge in [0.05, 0.1) is 20.6 Å². The van der Waals surface area contributed by atoms with Crippen LogP contribution in [-0.4, -0.2) is 39.0 Å². The number of nitrogens with one attached hydrogen (secondary N) is 1. The third kappa shape index (κ3) is 7.01. The van der Waals surface area contributed by atoms with Crippen LogP contribution in [0, 0.1) is 0 Å². The molecular weight excluding hydrogens is 476 g/mol. The van der Waals surface area contributed by atoms with Crippen molar-refractivity contribution in [1.82, 2.24) is 0 Å². The van der Waals surface area contributed by atoms with Gasteiger partial charge in [0.2, 0.25) is 5.91 Å². The van der Waals surface area contributed by atoms with Crippen molar-refractivity contribution in [3.63, 3.8) is 0 Å². The van der Waals surface area contributed by atoms with E-state index >= 15 is 0 Å². The van der Waals surface area contributed by atoms with E-state index in [4.69, 9.17) is 9.47 Å². The lowest BCUT2D eigenvalue weighted by Crippen LogP contribution is -2.36. The Hall–Kier alpha value is -4.58. The molecule has 0 aliphatic heterocycles. The highest BCUT2D eigenvalue weighted by Crippen LogP contribution is 2.21. The molecule has 6 heteroatoms. The minimum absolute atomic E-state index is 0.00738. The van der Waals surface area contributed by atoms with E-state index in [1.165, 1.54) is 0 Å². The Morgan fingerprint density at radius 1 is 0.684 bits per heavy atom. The molecule has 1 amide bonds. The monoisotopic (exact) mass is 508 g/mol. The summed E-state index contributed by atoms with van der Waals surface area (Å²) in [4.78, 5) is 28.2. The fourth-order valence-corrected chi connectivity index (χ4v) is 4.23. The molecule has 0 spiro atoms. The maximum Gasteiger partial charge on any atom is 0.231 e. The van der Waals surface area contributed by atoms with E-state index in [0.717, 1.165) is 34.0 Å². The zero-order valence-corrected chi connectivity index (χ0v) is 21.7. The molecule has 0 heterocycles. The minimum atomic E-state index is -0.00738. The van der Waals surface area contributed by atoms with Crippen molar-refractivity contribution in [2.45, 2.75) is 12.8 Å². The van der Waals surface area contributed by atoms with Crippen LogP contribution in [0.25, 0.3) is 0 Å². The van der Waals surface area contributed by atoms with Crippen molar-refractivity contribution in [1.29, 1.82) is 0 Å². The van der Waals surface area contributed by atoms with Gasteiger partial charge < -0.3 is 19.7 Å². The fourth-order valence-electron chi connectivity index (χ4n) is 4.23. The first-order valence-electron chi connectivity index (χ1n) is 12.5. The van der Waals surface area contributed by atoms with Gasteiger partial charge in [-0.15, -0.1) is 0 Å². The molecule has 194 valence electrons. The first-order valence-corrected chi connectivity index (χ1v) is 12.5. The molecule has 0 bridgehead atoms. The highest BCUT2D eigenvalue weighted by atomic mass is 16.5. The van der Waals surface area contributed by atoms with Crippen LogP contribution in [0.4, 0.5) is 11.4 Å². The molecule has 1 N–H and O–H groups in total. The SMILES string of the molecule is COc1ccc(CC(=O)c2ccccc2NCCN(C(=O)Cc2ccc(OC)cc2)c2ccccc2)cc1. The zero-order valence-electron chi connectivity index (χ0n) is 21.7. The normalized spacial score (nSPS) is 10.5. The fraction of sp³-hybridized carbons (Fsp3) is 0.188. The number of carbonyl (C=O) groups excluding carboxylic acids is 2. The molecule has 0 aliphatic rings. The summed E-state index contributed by atoms with van der Waals surface area (Å²) in [6.07, 6.45) is 0.564.